The maximum absolute atomic E-state index is 4.53. The minimum Gasteiger partial charge on any atom is -0.352 e. The van der Waals surface area contributed by atoms with Crippen LogP contribution in [0.1, 0.15) is 30.8 Å². The monoisotopic (exact) mass is 258 g/mol. The average Bonchev–Trinajstić information content (AvgIpc) is 2.68. The molecule has 0 spiro atoms. The van der Waals surface area contributed by atoms with Gasteiger partial charge in [0.25, 0.3) is 0 Å². The van der Waals surface area contributed by atoms with Crippen LogP contribution in [-0.2, 0) is 13.1 Å². The molecule has 4 heteroatoms. The second-order valence-corrected chi connectivity index (χ2v) is 5.41. The van der Waals surface area contributed by atoms with Crippen molar-refractivity contribution < 1.29 is 0 Å². The Balaban J connectivity index is 2.04. The highest BCUT2D eigenvalue weighted by atomic mass is 15.2. The number of nitrogens with one attached hydrogen (secondary N) is 1. The van der Waals surface area contributed by atoms with E-state index in [2.05, 4.69) is 46.0 Å². The molecule has 0 amide bonds. The third-order valence-electron chi connectivity index (χ3n) is 2.88. The smallest absolute Gasteiger partial charge is 0.203 e. The van der Waals surface area contributed by atoms with Crippen molar-refractivity contribution in [1.29, 1.82) is 0 Å². The first-order valence-corrected chi connectivity index (χ1v) is 6.74. The van der Waals surface area contributed by atoms with Crippen molar-refractivity contribution in [2.45, 2.75) is 40.8 Å². The molecule has 2 heterocycles. The predicted molar refractivity (Wildman–Crippen MR) is 78.1 cm³/mol. The van der Waals surface area contributed by atoms with Gasteiger partial charge >= 0.3 is 0 Å². The van der Waals surface area contributed by atoms with Crippen LogP contribution in [0.15, 0.2) is 24.5 Å². The van der Waals surface area contributed by atoms with E-state index < -0.39 is 0 Å². The SMILES string of the molecule is Cc1ccc(CNc2nc(C)cn2CC(C)C)cn1. The molecule has 0 unspecified atom stereocenters. The summed E-state index contributed by atoms with van der Waals surface area (Å²) >= 11 is 0. The quantitative estimate of drug-likeness (QED) is 0.895. The van der Waals surface area contributed by atoms with Crippen LogP contribution in [0.2, 0.25) is 0 Å². The van der Waals surface area contributed by atoms with E-state index in [4.69, 9.17) is 0 Å². The largest absolute Gasteiger partial charge is 0.352 e. The molecule has 0 bridgehead atoms. The third-order valence-corrected chi connectivity index (χ3v) is 2.88. The summed E-state index contributed by atoms with van der Waals surface area (Å²) in [4.78, 5) is 8.83. The minimum absolute atomic E-state index is 0.607. The number of hydrogen-bond donors (Lipinski definition) is 1. The molecule has 102 valence electrons. The summed E-state index contributed by atoms with van der Waals surface area (Å²) in [5, 5.41) is 3.39. The zero-order chi connectivity index (χ0) is 13.8. The van der Waals surface area contributed by atoms with Crippen molar-refractivity contribution in [2.75, 3.05) is 5.32 Å². The van der Waals surface area contributed by atoms with E-state index in [0.29, 0.717) is 5.92 Å². The first-order valence-electron chi connectivity index (χ1n) is 6.74. The van der Waals surface area contributed by atoms with Crippen molar-refractivity contribution in [3.05, 3.63) is 41.5 Å². The Morgan fingerprint density at radius 3 is 2.63 bits per heavy atom. The van der Waals surface area contributed by atoms with Gasteiger partial charge in [-0.1, -0.05) is 19.9 Å². The maximum atomic E-state index is 4.53. The molecule has 0 saturated carbocycles. The number of aryl methyl sites for hydroxylation is 2. The molecule has 0 saturated heterocycles. The van der Waals surface area contributed by atoms with Crippen LogP contribution in [0.4, 0.5) is 5.95 Å². The Hall–Kier alpha value is -1.84. The molecule has 0 aliphatic rings. The van der Waals surface area contributed by atoms with Gasteiger partial charge in [-0.2, -0.15) is 0 Å². The molecule has 0 aliphatic heterocycles. The van der Waals surface area contributed by atoms with Gasteiger partial charge in [0.15, 0.2) is 0 Å². The lowest BCUT2D eigenvalue weighted by atomic mass is 10.2. The molecule has 0 radical (unpaired) electrons. The lowest BCUT2D eigenvalue weighted by Gasteiger charge is -2.11. The molecule has 0 atom stereocenters. The highest BCUT2D eigenvalue weighted by Crippen LogP contribution is 2.12. The normalized spacial score (nSPS) is 11.0. The van der Waals surface area contributed by atoms with E-state index in [9.17, 15) is 0 Å². The van der Waals surface area contributed by atoms with Crippen molar-refractivity contribution in [2.24, 2.45) is 5.92 Å². The van der Waals surface area contributed by atoms with E-state index in [1.807, 2.05) is 26.1 Å². The molecular weight excluding hydrogens is 236 g/mol. The fraction of sp³-hybridized carbons (Fsp3) is 0.467. The minimum atomic E-state index is 0.607. The number of imidazole rings is 1. The van der Waals surface area contributed by atoms with E-state index in [1.54, 1.807) is 0 Å². The summed E-state index contributed by atoms with van der Waals surface area (Å²) in [7, 11) is 0. The standard InChI is InChI=1S/C15H22N4/c1-11(2)9-19-10-13(4)18-15(19)17-8-14-6-5-12(3)16-7-14/h5-7,10-11H,8-9H2,1-4H3,(H,17,18). The van der Waals surface area contributed by atoms with Gasteiger partial charge < -0.3 is 9.88 Å². The number of pyridine rings is 1. The summed E-state index contributed by atoms with van der Waals surface area (Å²) in [6.07, 6.45) is 4.00. The van der Waals surface area contributed by atoms with Crippen molar-refractivity contribution >= 4 is 5.95 Å². The van der Waals surface area contributed by atoms with Gasteiger partial charge in [0.2, 0.25) is 5.95 Å². The predicted octanol–water partition coefficient (Wildman–Crippen LogP) is 3.16. The summed E-state index contributed by atoms with van der Waals surface area (Å²) in [5.41, 5.74) is 3.26. The molecule has 4 nitrogen and oxygen atoms in total. The van der Waals surface area contributed by atoms with E-state index in [1.165, 1.54) is 5.56 Å². The van der Waals surface area contributed by atoms with Gasteiger partial charge in [0.1, 0.15) is 0 Å². The van der Waals surface area contributed by atoms with E-state index in [0.717, 1.165) is 30.4 Å². The van der Waals surface area contributed by atoms with Crippen LogP contribution in [0.5, 0.6) is 0 Å². The average molecular weight is 258 g/mol. The van der Waals surface area contributed by atoms with Gasteiger partial charge in [-0.05, 0) is 31.4 Å². The Bertz CT molecular complexity index is 526. The topological polar surface area (TPSA) is 42.7 Å². The summed E-state index contributed by atoms with van der Waals surface area (Å²) in [5.74, 6) is 1.54. The molecule has 2 aromatic rings. The highest BCUT2D eigenvalue weighted by molar-refractivity contribution is 5.30. The van der Waals surface area contributed by atoms with Gasteiger partial charge in [-0.3, -0.25) is 4.98 Å². The van der Waals surface area contributed by atoms with Crippen molar-refractivity contribution in [3.8, 4) is 0 Å². The molecule has 0 aliphatic carbocycles. The second-order valence-electron chi connectivity index (χ2n) is 5.41. The highest BCUT2D eigenvalue weighted by Gasteiger charge is 2.06. The number of nitrogens with zero attached hydrogens (tertiary/aromatic N) is 3. The molecular formula is C15H22N4. The molecule has 0 aromatic carbocycles. The van der Waals surface area contributed by atoms with Gasteiger partial charge in [0, 0.05) is 31.2 Å². The van der Waals surface area contributed by atoms with Crippen molar-refractivity contribution in [1.82, 2.24) is 14.5 Å². The number of anilines is 1. The van der Waals surface area contributed by atoms with Crippen LogP contribution in [-0.4, -0.2) is 14.5 Å². The maximum Gasteiger partial charge on any atom is 0.203 e. The van der Waals surface area contributed by atoms with E-state index >= 15 is 0 Å². The van der Waals surface area contributed by atoms with Gasteiger partial charge in [-0.15, -0.1) is 0 Å². The van der Waals surface area contributed by atoms with Crippen LogP contribution >= 0.6 is 0 Å². The van der Waals surface area contributed by atoms with E-state index in [-0.39, 0.29) is 0 Å². The molecule has 2 rings (SSSR count). The lowest BCUT2D eigenvalue weighted by Crippen LogP contribution is -2.10. The summed E-state index contributed by atoms with van der Waals surface area (Å²) in [6.45, 7) is 10.2. The third kappa shape index (κ3) is 3.81. The summed E-state index contributed by atoms with van der Waals surface area (Å²) in [6, 6.07) is 4.13. The fourth-order valence-corrected chi connectivity index (χ4v) is 2.00. The molecule has 19 heavy (non-hydrogen) atoms. The first kappa shape index (κ1) is 13.6. The van der Waals surface area contributed by atoms with Gasteiger partial charge in [-0.25, -0.2) is 4.98 Å². The zero-order valence-electron chi connectivity index (χ0n) is 12.1. The molecule has 1 N–H and O–H groups in total. The fourth-order valence-electron chi connectivity index (χ4n) is 2.00. The van der Waals surface area contributed by atoms with Gasteiger partial charge in [0.05, 0.1) is 5.69 Å². The Morgan fingerprint density at radius 1 is 1.21 bits per heavy atom. The number of rotatable bonds is 5. The Morgan fingerprint density at radius 2 is 2.00 bits per heavy atom. The van der Waals surface area contributed by atoms with Crippen LogP contribution in [0.3, 0.4) is 0 Å². The lowest BCUT2D eigenvalue weighted by molar-refractivity contribution is 0.526. The van der Waals surface area contributed by atoms with Crippen molar-refractivity contribution in [3.63, 3.8) is 0 Å². The molecule has 0 fully saturated rings. The molecule has 2 aromatic heterocycles. The number of aromatic nitrogens is 3. The first-order chi connectivity index (χ1) is 9.04. The Kier molecular flexibility index (Phi) is 4.20. The van der Waals surface area contributed by atoms with Crippen LogP contribution in [0.25, 0.3) is 0 Å². The summed E-state index contributed by atoms with van der Waals surface area (Å²) < 4.78 is 2.18. The van der Waals surface area contributed by atoms with Crippen LogP contribution in [0, 0.1) is 19.8 Å². The van der Waals surface area contributed by atoms with Crippen LogP contribution < -0.4 is 5.32 Å². The Labute approximate surface area is 114 Å². The second kappa shape index (κ2) is 5.87. The zero-order valence-corrected chi connectivity index (χ0v) is 12.1. The number of hydrogen-bond acceptors (Lipinski definition) is 3.